The first kappa shape index (κ1) is 18.0. The van der Waals surface area contributed by atoms with Crippen molar-refractivity contribution in [1.29, 1.82) is 0 Å². The molecule has 1 unspecified atom stereocenters. The maximum absolute atomic E-state index is 12.2. The zero-order valence-electron chi connectivity index (χ0n) is 14.6. The Hall–Kier alpha value is -1.81. The average Bonchev–Trinajstić information content (AvgIpc) is 3.05. The molecule has 1 aromatic heterocycles. The van der Waals surface area contributed by atoms with Gasteiger partial charge in [0.25, 0.3) is 5.89 Å². The van der Waals surface area contributed by atoms with Crippen LogP contribution in [-0.4, -0.2) is 56.7 Å². The first-order valence-electron chi connectivity index (χ1n) is 8.27. The normalized spacial score (nSPS) is 19.2. The molecule has 0 bridgehead atoms. The molecule has 3 rings (SSSR count). The summed E-state index contributed by atoms with van der Waals surface area (Å²) in [5.41, 5.74) is 1.50. The number of hydrogen-bond acceptors (Lipinski definition) is 7. The van der Waals surface area contributed by atoms with Crippen LogP contribution in [0.3, 0.4) is 0 Å². The Morgan fingerprint density at radius 1 is 1.44 bits per heavy atom. The summed E-state index contributed by atoms with van der Waals surface area (Å²) in [7, 11) is -1.51. The topological polar surface area (TPSA) is 100 Å². The van der Waals surface area contributed by atoms with Crippen LogP contribution in [0.4, 0.5) is 0 Å². The second kappa shape index (κ2) is 7.20. The van der Waals surface area contributed by atoms with Crippen molar-refractivity contribution < 1.29 is 12.9 Å². The minimum absolute atomic E-state index is 0.0419. The van der Waals surface area contributed by atoms with Crippen molar-refractivity contribution in [3.05, 3.63) is 29.6 Å². The van der Waals surface area contributed by atoms with Gasteiger partial charge in [0.1, 0.15) is 0 Å². The van der Waals surface area contributed by atoms with E-state index in [2.05, 4.69) is 25.1 Å². The van der Waals surface area contributed by atoms with Crippen LogP contribution in [0.5, 0.6) is 0 Å². The molecule has 136 valence electrons. The van der Waals surface area contributed by atoms with Crippen molar-refractivity contribution in [2.24, 2.45) is 0 Å². The maximum atomic E-state index is 12.2. The van der Waals surface area contributed by atoms with Crippen molar-refractivity contribution in [2.45, 2.75) is 24.8 Å². The molecule has 1 aromatic carbocycles. The van der Waals surface area contributed by atoms with Gasteiger partial charge in [-0.1, -0.05) is 18.1 Å². The van der Waals surface area contributed by atoms with Gasteiger partial charge in [-0.3, -0.25) is 4.90 Å². The van der Waals surface area contributed by atoms with Gasteiger partial charge in [-0.25, -0.2) is 13.1 Å². The Balaban J connectivity index is 1.94. The molecule has 0 aliphatic carbocycles. The lowest BCUT2D eigenvalue weighted by Crippen LogP contribution is -2.44. The van der Waals surface area contributed by atoms with Crippen LogP contribution >= 0.6 is 0 Å². The Labute approximate surface area is 147 Å². The second-order valence-corrected chi connectivity index (χ2v) is 7.90. The van der Waals surface area contributed by atoms with Gasteiger partial charge >= 0.3 is 0 Å². The summed E-state index contributed by atoms with van der Waals surface area (Å²) in [5, 5.41) is 7.42. The van der Waals surface area contributed by atoms with Crippen molar-refractivity contribution in [3.63, 3.8) is 0 Å². The van der Waals surface area contributed by atoms with E-state index >= 15 is 0 Å². The van der Waals surface area contributed by atoms with Crippen LogP contribution in [0.25, 0.3) is 11.5 Å². The Kier molecular flexibility index (Phi) is 5.19. The summed E-state index contributed by atoms with van der Waals surface area (Å²) in [6.07, 6.45) is 0. The molecule has 2 heterocycles. The third kappa shape index (κ3) is 3.74. The van der Waals surface area contributed by atoms with E-state index in [1.165, 1.54) is 0 Å². The zero-order chi connectivity index (χ0) is 18.0. The maximum Gasteiger partial charge on any atom is 0.258 e. The Bertz CT molecular complexity index is 849. The molecule has 1 aliphatic rings. The Morgan fingerprint density at radius 2 is 2.24 bits per heavy atom. The highest BCUT2D eigenvalue weighted by molar-refractivity contribution is 7.89. The number of likely N-dealkylation sites (N-methyl/N-ethyl adjacent to an activating group) is 1. The number of nitrogens with one attached hydrogen (secondary N) is 2. The summed E-state index contributed by atoms with van der Waals surface area (Å²) in [5.74, 6) is 0.934. The molecule has 0 spiro atoms. The van der Waals surface area contributed by atoms with Gasteiger partial charge in [0.2, 0.25) is 10.0 Å². The molecule has 1 saturated heterocycles. The Morgan fingerprint density at radius 3 is 2.96 bits per heavy atom. The largest absolute Gasteiger partial charge is 0.334 e. The number of aryl methyl sites for hydroxylation is 1. The zero-order valence-corrected chi connectivity index (χ0v) is 15.4. The fourth-order valence-corrected chi connectivity index (χ4v) is 3.91. The summed E-state index contributed by atoms with van der Waals surface area (Å²) < 4.78 is 32.4. The predicted octanol–water partition coefficient (Wildman–Crippen LogP) is 0.919. The van der Waals surface area contributed by atoms with E-state index in [4.69, 9.17) is 4.52 Å². The van der Waals surface area contributed by atoms with Gasteiger partial charge in [-0.15, -0.1) is 0 Å². The molecule has 1 aliphatic heterocycles. The van der Waals surface area contributed by atoms with Crippen molar-refractivity contribution in [1.82, 2.24) is 25.1 Å². The molecule has 8 nitrogen and oxygen atoms in total. The van der Waals surface area contributed by atoms with E-state index in [1.54, 1.807) is 25.1 Å². The summed E-state index contributed by atoms with van der Waals surface area (Å²) in [6.45, 7) is 6.55. The molecule has 1 fully saturated rings. The molecule has 2 aromatic rings. The van der Waals surface area contributed by atoms with Crippen LogP contribution in [-0.2, 0) is 10.0 Å². The predicted molar refractivity (Wildman–Crippen MR) is 93.6 cm³/mol. The fourth-order valence-electron chi connectivity index (χ4n) is 2.85. The summed E-state index contributed by atoms with van der Waals surface area (Å²) in [4.78, 5) is 6.87. The molecular weight excluding hydrogens is 342 g/mol. The third-order valence-corrected chi connectivity index (χ3v) is 5.88. The van der Waals surface area contributed by atoms with Gasteiger partial charge in [0.05, 0.1) is 10.9 Å². The number of piperazine rings is 1. The number of rotatable bonds is 5. The molecule has 0 radical (unpaired) electrons. The first-order valence-corrected chi connectivity index (χ1v) is 9.76. The highest BCUT2D eigenvalue weighted by atomic mass is 32.2. The van der Waals surface area contributed by atoms with Crippen molar-refractivity contribution >= 4 is 10.0 Å². The number of benzene rings is 1. The molecular formula is C16H23N5O3S. The fraction of sp³-hybridized carbons (Fsp3) is 0.500. The van der Waals surface area contributed by atoms with Crippen molar-refractivity contribution in [3.8, 4) is 11.5 Å². The monoisotopic (exact) mass is 365 g/mol. The lowest BCUT2D eigenvalue weighted by molar-refractivity contribution is 0.190. The quantitative estimate of drug-likeness (QED) is 0.812. The van der Waals surface area contributed by atoms with Crippen LogP contribution in [0.1, 0.15) is 24.4 Å². The van der Waals surface area contributed by atoms with Crippen LogP contribution < -0.4 is 10.0 Å². The smallest absolute Gasteiger partial charge is 0.258 e. The van der Waals surface area contributed by atoms with Crippen LogP contribution in [0.15, 0.2) is 27.6 Å². The highest BCUT2D eigenvalue weighted by Crippen LogP contribution is 2.27. The average molecular weight is 365 g/mol. The highest BCUT2D eigenvalue weighted by Gasteiger charge is 2.26. The van der Waals surface area contributed by atoms with Gasteiger partial charge in [-0.05, 0) is 31.7 Å². The molecule has 0 saturated carbocycles. The number of hydrogen-bond donors (Lipinski definition) is 2. The van der Waals surface area contributed by atoms with Crippen LogP contribution in [0.2, 0.25) is 0 Å². The van der Waals surface area contributed by atoms with E-state index in [0.717, 1.165) is 25.2 Å². The lowest BCUT2D eigenvalue weighted by atomic mass is 10.1. The molecule has 9 heteroatoms. The number of nitrogens with zero attached hydrogens (tertiary/aromatic N) is 3. The van der Waals surface area contributed by atoms with Gasteiger partial charge < -0.3 is 9.84 Å². The minimum Gasteiger partial charge on any atom is -0.334 e. The molecule has 0 amide bonds. The van der Waals surface area contributed by atoms with E-state index in [0.29, 0.717) is 23.8 Å². The minimum atomic E-state index is -3.54. The van der Waals surface area contributed by atoms with Crippen molar-refractivity contribution in [2.75, 3.05) is 33.2 Å². The van der Waals surface area contributed by atoms with E-state index in [9.17, 15) is 8.42 Å². The second-order valence-electron chi connectivity index (χ2n) is 6.14. The number of sulfonamides is 1. The van der Waals surface area contributed by atoms with E-state index < -0.39 is 10.0 Å². The van der Waals surface area contributed by atoms with Gasteiger partial charge in [0.15, 0.2) is 5.82 Å². The molecule has 1 atom stereocenters. The first-order chi connectivity index (χ1) is 11.9. The van der Waals surface area contributed by atoms with Gasteiger partial charge in [0, 0.05) is 31.7 Å². The lowest BCUT2D eigenvalue weighted by Gasteiger charge is -2.30. The van der Waals surface area contributed by atoms with Gasteiger partial charge in [-0.2, -0.15) is 4.98 Å². The van der Waals surface area contributed by atoms with E-state index in [-0.39, 0.29) is 10.9 Å². The molecule has 25 heavy (non-hydrogen) atoms. The standard InChI is InChI=1S/C16H23N5O3S/c1-4-18-25(22,23)12-6-5-11(2)13(9-12)16-19-15(20-24-16)14-10-17-7-8-21(14)3/h5-6,9,14,17-18H,4,7-8,10H2,1-3H3. The number of aromatic nitrogens is 2. The molecule has 2 N–H and O–H groups in total. The summed E-state index contributed by atoms with van der Waals surface area (Å²) in [6, 6.07) is 4.94. The van der Waals surface area contributed by atoms with Crippen LogP contribution in [0, 0.1) is 6.92 Å². The SMILES string of the molecule is CCNS(=O)(=O)c1ccc(C)c(-c2nc(C3CNCCN3C)no2)c1. The third-order valence-electron chi connectivity index (χ3n) is 4.33. The summed E-state index contributed by atoms with van der Waals surface area (Å²) >= 11 is 0. The van der Waals surface area contributed by atoms with E-state index in [1.807, 2.05) is 14.0 Å².